The molecule has 32 heavy (non-hydrogen) atoms. The van der Waals surface area contributed by atoms with Gasteiger partial charge in [0.2, 0.25) is 0 Å². The molecule has 0 unspecified atom stereocenters. The van der Waals surface area contributed by atoms with Gasteiger partial charge in [-0.1, -0.05) is 16.5 Å². The topological polar surface area (TPSA) is 84.6 Å². The second-order valence-corrected chi connectivity index (χ2v) is 8.68. The van der Waals surface area contributed by atoms with Gasteiger partial charge in [0, 0.05) is 37.9 Å². The third kappa shape index (κ3) is 4.03. The molecular formula is C23H23N5O3S. The van der Waals surface area contributed by atoms with E-state index in [4.69, 9.17) is 9.26 Å². The SMILES string of the molecule is Cc1noc(C)c1COc1ccc(C(=O)N2CCN(c3nc4cccnc4s3)CC2)cc1. The molecule has 0 spiro atoms. The lowest BCUT2D eigenvalue weighted by atomic mass is 10.1. The molecule has 1 fully saturated rings. The van der Waals surface area contributed by atoms with E-state index in [1.807, 2.05) is 55.1 Å². The van der Waals surface area contributed by atoms with Gasteiger partial charge in [0.1, 0.15) is 28.5 Å². The Morgan fingerprint density at radius 3 is 2.59 bits per heavy atom. The number of piperazine rings is 1. The van der Waals surface area contributed by atoms with E-state index < -0.39 is 0 Å². The molecule has 1 aliphatic rings. The van der Waals surface area contributed by atoms with Crippen LogP contribution < -0.4 is 9.64 Å². The van der Waals surface area contributed by atoms with E-state index in [0.717, 1.165) is 45.6 Å². The van der Waals surface area contributed by atoms with E-state index in [-0.39, 0.29) is 5.91 Å². The van der Waals surface area contributed by atoms with Gasteiger partial charge in [0.15, 0.2) is 5.13 Å². The lowest BCUT2D eigenvalue weighted by Gasteiger charge is -2.34. The number of hydrogen-bond donors (Lipinski definition) is 0. The number of fused-ring (bicyclic) bond motifs is 1. The number of carbonyl (C=O) groups excluding carboxylic acids is 1. The van der Waals surface area contributed by atoms with E-state index in [2.05, 4.69) is 20.0 Å². The van der Waals surface area contributed by atoms with Gasteiger partial charge in [-0.05, 0) is 50.2 Å². The fourth-order valence-electron chi connectivity index (χ4n) is 3.73. The van der Waals surface area contributed by atoms with Gasteiger partial charge in [-0.15, -0.1) is 0 Å². The summed E-state index contributed by atoms with van der Waals surface area (Å²) in [6.07, 6.45) is 1.79. The Labute approximate surface area is 189 Å². The van der Waals surface area contributed by atoms with Crippen LogP contribution in [0, 0.1) is 13.8 Å². The first-order chi connectivity index (χ1) is 15.6. The van der Waals surface area contributed by atoms with E-state index in [1.165, 1.54) is 0 Å². The summed E-state index contributed by atoms with van der Waals surface area (Å²) in [6.45, 7) is 6.98. The standard InChI is InChI=1S/C23H23N5O3S/c1-15-19(16(2)31-26-15)14-30-18-7-5-17(6-8-18)22(29)27-10-12-28(13-11-27)23-25-20-4-3-9-24-21(20)32-23/h3-9H,10-14H2,1-2H3. The Kier molecular flexibility index (Phi) is 5.48. The van der Waals surface area contributed by atoms with E-state index in [0.29, 0.717) is 31.0 Å². The van der Waals surface area contributed by atoms with Gasteiger partial charge in [-0.2, -0.15) is 0 Å². The first-order valence-corrected chi connectivity index (χ1v) is 11.3. The van der Waals surface area contributed by atoms with Crippen molar-refractivity contribution >= 4 is 32.7 Å². The third-order valence-electron chi connectivity index (χ3n) is 5.66. The predicted octanol–water partition coefficient (Wildman–Crippen LogP) is 3.84. The minimum Gasteiger partial charge on any atom is -0.489 e. The summed E-state index contributed by atoms with van der Waals surface area (Å²) in [5, 5.41) is 4.90. The molecule has 4 aromatic rings. The van der Waals surface area contributed by atoms with Crippen molar-refractivity contribution in [3.63, 3.8) is 0 Å². The zero-order valence-electron chi connectivity index (χ0n) is 17.9. The zero-order valence-corrected chi connectivity index (χ0v) is 18.8. The summed E-state index contributed by atoms with van der Waals surface area (Å²) in [7, 11) is 0. The van der Waals surface area contributed by atoms with E-state index in [9.17, 15) is 4.79 Å². The van der Waals surface area contributed by atoms with Gasteiger partial charge < -0.3 is 19.1 Å². The second-order valence-electron chi connectivity index (χ2n) is 7.72. The number of benzene rings is 1. The van der Waals surface area contributed by atoms with Crippen molar-refractivity contribution in [2.75, 3.05) is 31.1 Å². The van der Waals surface area contributed by atoms with Crippen molar-refractivity contribution in [3.8, 4) is 5.75 Å². The van der Waals surface area contributed by atoms with Crippen LogP contribution >= 0.6 is 11.3 Å². The fraction of sp³-hybridized carbons (Fsp3) is 0.304. The van der Waals surface area contributed by atoms with Crippen LogP contribution in [-0.4, -0.2) is 52.1 Å². The highest BCUT2D eigenvalue weighted by Crippen LogP contribution is 2.28. The van der Waals surface area contributed by atoms with Crippen LogP contribution in [0.1, 0.15) is 27.4 Å². The van der Waals surface area contributed by atoms with Gasteiger partial charge in [0.05, 0.1) is 11.3 Å². The fourth-order valence-corrected chi connectivity index (χ4v) is 4.69. The molecule has 8 nitrogen and oxygen atoms in total. The molecule has 0 bridgehead atoms. The molecule has 0 atom stereocenters. The number of hydrogen-bond acceptors (Lipinski definition) is 8. The summed E-state index contributed by atoms with van der Waals surface area (Å²) < 4.78 is 11.0. The Hall–Kier alpha value is -3.46. The largest absolute Gasteiger partial charge is 0.489 e. The number of amides is 1. The summed E-state index contributed by atoms with van der Waals surface area (Å²) in [6, 6.07) is 11.2. The van der Waals surface area contributed by atoms with Gasteiger partial charge >= 0.3 is 0 Å². The van der Waals surface area contributed by atoms with E-state index in [1.54, 1.807) is 17.5 Å². The van der Waals surface area contributed by atoms with Crippen LogP contribution in [0.15, 0.2) is 47.1 Å². The molecule has 164 valence electrons. The first kappa shape index (κ1) is 20.4. The van der Waals surface area contributed by atoms with Crippen LogP contribution in [0.25, 0.3) is 10.3 Å². The zero-order chi connectivity index (χ0) is 22.1. The molecule has 3 aromatic heterocycles. The summed E-state index contributed by atoms with van der Waals surface area (Å²) in [4.78, 5) is 27.1. The summed E-state index contributed by atoms with van der Waals surface area (Å²) in [5.74, 6) is 1.50. The predicted molar refractivity (Wildman–Crippen MR) is 122 cm³/mol. The maximum Gasteiger partial charge on any atom is 0.253 e. The summed E-state index contributed by atoms with van der Waals surface area (Å²) >= 11 is 1.59. The molecule has 0 N–H and O–H groups in total. The average molecular weight is 450 g/mol. The maximum atomic E-state index is 13.0. The molecule has 4 heterocycles. The molecule has 5 rings (SSSR count). The molecule has 9 heteroatoms. The van der Waals surface area contributed by atoms with Gasteiger partial charge in [-0.25, -0.2) is 9.97 Å². The van der Waals surface area contributed by atoms with E-state index >= 15 is 0 Å². The van der Waals surface area contributed by atoms with Gasteiger partial charge in [0.25, 0.3) is 5.91 Å². The molecule has 1 aliphatic heterocycles. The lowest BCUT2D eigenvalue weighted by molar-refractivity contribution is 0.0746. The first-order valence-electron chi connectivity index (χ1n) is 10.5. The van der Waals surface area contributed by atoms with Crippen molar-refractivity contribution < 1.29 is 14.1 Å². The molecule has 1 saturated heterocycles. The number of aromatic nitrogens is 3. The van der Waals surface area contributed by atoms with Crippen LogP contribution in [0.4, 0.5) is 5.13 Å². The van der Waals surface area contributed by atoms with Crippen LogP contribution in [0.5, 0.6) is 5.75 Å². The number of aryl methyl sites for hydroxylation is 2. The molecular weight excluding hydrogens is 426 g/mol. The molecule has 0 radical (unpaired) electrons. The van der Waals surface area contributed by atoms with Crippen LogP contribution in [0.2, 0.25) is 0 Å². The number of ether oxygens (including phenoxy) is 1. The molecule has 0 saturated carbocycles. The number of rotatable bonds is 5. The van der Waals surface area contributed by atoms with Gasteiger partial charge in [-0.3, -0.25) is 4.79 Å². The van der Waals surface area contributed by atoms with Crippen molar-refractivity contribution in [1.82, 2.24) is 20.0 Å². The van der Waals surface area contributed by atoms with Crippen molar-refractivity contribution in [1.29, 1.82) is 0 Å². The normalized spacial score (nSPS) is 14.2. The number of pyridine rings is 1. The monoisotopic (exact) mass is 449 g/mol. The quantitative estimate of drug-likeness (QED) is 0.458. The second kappa shape index (κ2) is 8.58. The smallest absolute Gasteiger partial charge is 0.253 e. The highest BCUT2D eigenvalue weighted by atomic mass is 32.1. The van der Waals surface area contributed by atoms with Crippen LogP contribution in [-0.2, 0) is 6.61 Å². The lowest BCUT2D eigenvalue weighted by Crippen LogP contribution is -2.48. The van der Waals surface area contributed by atoms with Crippen molar-refractivity contribution in [3.05, 3.63) is 65.2 Å². The summed E-state index contributed by atoms with van der Waals surface area (Å²) in [5.41, 5.74) is 3.36. The molecule has 1 aromatic carbocycles. The Balaban J connectivity index is 1.18. The molecule has 0 aliphatic carbocycles. The number of carbonyl (C=O) groups is 1. The van der Waals surface area contributed by atoms with Crippen molar-refractivity contribution in [2.45, 2.75) is 20.5 Å². The van der Waals surface area contributed by atoms with Crippen LogP contribution in [0.3, 0.4) is 0 Å². The average Bonchev–Trinajstić information content (AvgIpc) is 3.40. The Bertz CT molecular complexity index is 1190. The highest BCUT2D eigenvalue weighted by Gasteiger charge is 2.24. The maximum absolute atomic E-state index is 13.0. The minimum atomic E-state index is 0.0351. The Morgan fingerprint density at radius 1 is 1.12 bits per heavy atom. The number of nitrogens with zero attached hydrogens (tertiary/aromatic N) is 5. The number of thiazole rings is 1. The molecule has 1 amide bonds. The highest BCUT2D eigenvalue weighted by molar-refractivity contribution is 7.21. The number of anilines is 1. The minimum absolute atomic E-state index is 0.0351. The Morgan fingerprint density at radius 2 is 1.91 bits per heavy atom. The van der Waals surface area contributed by atoms with Crippen molar-refractivity contribution in [2.24, 2.45) is 0 Å². The third-order valence-corrected chi connectivity index (χ3v) is 6.70.